The fourth-order valence-corrected chi connectivity index (χ4v) is 1.67. The Balaban J connectivity index is 2.29. The molecule has 2 nitrogen and oxygen atoms in total. The van der Waals surface area contributed by atoms with Crippen molar-refractivity contribution in [1.82, 2.24) is 0 Å². The summed E-state index contributed by atoms with van der Waals surface area (Å²) in [4.78, 5) is 0. The monoisotopic (exact) mass is 195 g/mol. The molecule has 1 unspecified atom stereocenters. The molecule has 0 saturated heterocycles. The molecule has 0 fully saturated rings. The number of hydrogen-bond donors (Lipinski definition) is 1. The van der Waals surface area contributed by atoms with E-state index in [-0.39, 0.29) is 6.10 Å². The molecule has 1 atom stereocenters. The van der Waals surface area contributed by atoms with Crippen molar-refractivity contribution in [2.75, 3.05) is 5.73 Å². The van der Waals surface area contributed by atoms with Gasteiger partial charge in [-0.15, -0.1) is 0 Å². The third kappa shape index (κ3) is 1.78. The molecule has 0 saturated carbocycles. The highest BCUT2D eigenvalue weighted by atomic mass is 35.5. The number of ether oxygens (including phenoxy) is 1. The van der Waals surface area contributed by atoms with Gasteiger partial charge < -0.3 is 10.5 Å². The number of nitrogens with two attached hydrogens (primary N) is 1. The first kappa shape index (κ1) is 8.45. The largest absolute Gasteiger partial charge is 0.493 e. The Morgan fingerprint density at radius 2 is 2.23 bits per heavy atom. The normalized spacial score (nSPS) is 20.2. The van der Waals surface area contributed by atoms with Gasteiger partial charge in [-0.05, 0) is 29.8 Å². The quantitative estimate of drug-likeness (QED) is 0.700. The summed E-state index contributed by atoms with van der Waals surface area (Å²) in [5.41, 5.74) is 7.38. The second-order valence-electron chi connectivity index (χ2n) is 3.05. The fourth-order valence-electron chi connectivity index (χ4n) is 1.42. The van der Waals surface area contributed by atoms with Crippen molar-refractivity contribution in [3.63, 3.8) is 0 Å². The summed E-state index contributed by atoms with van der Waals surface area (Å²) in [6, 6.07) is 5.51. The van der Waals surface area contributed by atoms with Gasteiger partial charge in [-0.1, -0.05) is 11.6 Å². The van der Waals surface area contributed by atoms with Crippen LogP contribution >= 0.6 is 11.6 Å². The van der Waals surface area contributed by atoms with Crippen LogP contribution in [0.4, 0.5) is 5.69 Å². The maximum absolute atomic E-state index is 5.87. The number of nitrogen functional groups attached to an aromatic ring is 1. The van der Waals surface area contributed by atoms with Crippen molar-refractivity contribution in [3.8, 4) is 0 Å². The zero-order valence-corrected chi connectivity index (χ0v) is 7.79. The van der Waals surface area contributed by atoms with Crippen LogP contribution in [0.15, 0.2) is 30.5 Å². The minimum Gasteiger partial charge on any atom is -0.493 e. The van der Waals surface area contributed by atoms with Crippen molar-refractivity contribution in [2.45, 2.75) is 12.5 Å². The van der Waals surface area contributed by atoms with Crippen LogP contribution < -0.4 is 5.73 Å². The molecule has 1 heterocycles. The van der Waals surface area contributed by atoms with Crippen molar-refractivity contribution >= 4 is 17.3 Å². The zero-order chi connectivity index (χ0) is 9.26. The highest BCUT2D eigenvalue weighted by Crippen LogP contribution is 2.29. The highest BCUT2D eigenvalue weighted by molar-refractivity contribution is 6.30. The van der Waals surface area contributed by atoms with E-state index in [4.69, 9.17) is 22.1 Å². The molecule has 0 bridgehead atoms. The molecule has 1 aromatic carbocycles. The Hall–Kier alpha value is -1.15. The van der Waals surface area contributed by atoms with Crippen LogP contribution in [0.1, 0.15) is 18.1 Å². The van der Waals surface area contributed by atoms with Crippen molar-refractivity contribution < 1.29 is 4.74 Å². The summed E-state index contributed by atoms with van der Waals surface area (Å²) in [6.45, 7) is 0. The van der Waals surface area contributed by atoms with Crippen LogP contribution in [0.5, 0.6) is 0 Å². The van der Waals surface area contributed by atoms with Gasteiger partial charge in [-0.3, -0.25) is 0 Å². The van der Waals surface area contributed by atoms with E-state index < -0.39 is 0 Å². The fraction of sp³-hybridized carbons (Fsp3) is 0.200. The standard InChI is InChI=1S/C10H10ClNO/c11-8-4-7(5-9(12)6-8)10-2-1-3-13-10/h1,3-6,10H,2,12H2. The van der Waals surface area contributed by atoms with E-state index in [9.17, 15) is 0 Å². The minimum atomic E-state index is 0.0843. The van der Waals surface area contributed by atoms with Crippen LogP contribution in [-0.4, -0.2) is 0 Å². The Morgan fingerprint density at radius 1 is 1.38 bits per heavy atom. The summed E-state index contributed by atoms with van der Waals surface area (Å²) < 4.78 is 5.35. The number of benzene rings is 1. The highest BCUT2D eigenvalue weighted by Gasteiger charge is 2.14. The van der Waals surface area contributed by atoms with Gasteiger partial charge in [0, 0.05) is 17.1 Å². The molecular weight excluding hydrogens is 186 g/mol. The second kappa shape index (κ2) is 3.30. The van der Waals surface area contributed by atoms with Crippen LogP contribution in [0.3, 0.4) is 0 Å². The number of anilines is 1. The maximum Gasteiger partial charge on any atom is 0.126 e. The zero-order valence-electron chi connectivity index (χ0n) is 7.03. The van der Waals surface area contributed by atoms with Crippen LogP contribution in [-0.2, 0) is 4.74 Å². The van der Waals surface area contributed by atoms with Gasteiger partial charge in [-0.2, -0.15) is 0 Å². The van der Waals surface area contributed by atoms with Crippen molar-refractivity contribution in [2.24, 2.45) is 0 Å². The lowest BCUT2D eigenvalue weighted by atomic mass is 10.1. The lowest BCUT2D eigenvalue weighted by molar-refractivity contribution is 0.173. The summed E-state index contributed by atoms with van der Waals surface area (Å²) in [7, 11) is 0. The molecule has 0 aliphatic carbocycles. The Kier molecular flexibility index (Phi) is 2.15. The topological polar surface area (TPSA) is 35.2 Å². The van der Waals surface area contributed by atoms with Gasteiger partial charge in [0.15, 0.2) is 0 Å². The maximum atomic E-state index is 5.87. The van der Waals surface area contributed by atoms with E-state index in [1.807, 2.05) is 18.2 Å². The van der Waals surface area contributed by atoms with Gasteiger partial charge in [0.05, 0.1) is 6.26 Å². The third-order valence-corrected chi connectivity index (χ3v) is 2.22. The summed E-state index contributed by atoms with van der Waals surface area (Å²) >= 11 is 5.87. The Labute approximate surface area is 82.0 Å². The second-order valence-corrected chi connectivity index (χ2v) is 3.49. The Bertz CT molecular complexity index is 321. The van der Waals surface area contributed by atoms with Gasteiger partial charge in [0.25, 0.3) is 0 Å². The molecular formula is C10H10ClNO. The van der Waals surface area contributed by atoms with Crippen LogP contribution in [0, 0.1) is 0 Å². The summed E-state index contributed by atoms with van der Waals surface area (Å²) in [5.74, 6) is 0. The summed E-state index contributed by atoms with van der Waals surface area (Å²) in [6.07, 6.45) is 4.67. The van der Waals surface area contributed by atoms with E-state index in [1.165, 1.54) is 0 Å². The van der Waals surface area contributed by atoms with Crippen LogP contribution in [0.25, 0.3) is 0 Å². The molecule has 1 aliphatic rings. The van der Waals surface area contributed by atoms with Crippen molar-refractivity contribution in [1.29, 1.82) is 0 Å². The number of halogens is 1. The molecule has 3 heteroatoms. The molecule has 0 amide bonds. The molecule has 0 radical (unpaired) electrons. The van der Waals surface area contributed by atoms with E-state index in [0.29, 0.717) is 10.7 Å². The van der Waals surface area contributed by atoms with Crippen molar-refractivity contribution in [3.05, 3.63) is 41.1 Å². The predicted molar refractivity (Wildman–Crippen MR) is 53.4 cm³/mol. The molecule has 68 valence electrons. The summed E-state index contributed by atoms with van der Waals surface area (Å²) in [5, 5.41) is 0.658. The first-order chi connectivity index (χ1) is 6.25. The van der Waals surface area contributed by atoms with E-state index in [0.717, 1.165) is 12.0 Å². The molecule has 0 aromatic heterocycles. The lowest BCUT2D eigenvalue weighted by Gasteiger charge is -2.11. The molecule has 2 rings (SSSR count). The van der Waals surface area contributed by atoms with Gasteiger partial charge in [0.1, 0.15) is 6.10 Å². The first-order valence-electron chi connectivity index (χ1n) is 4.12. The first-order valence-corrected chi connectivity index (χ1v) is 4.50. The molecule has 1 aliphatic heterocycles. The Morgan fingerprint density at radius 3 is 2.85 bits per heavy atom. The smallest absolute Gasteiger partial charge is 0.126 e. The van der Waals surface area contributed by atoms with Crippen LogP contribution in [0.2, 0.25) is 5.02 Å². The molecule has 2 N–H and O–H groups in total. The average Bonchev–Trinajstić information content (AvgIpc) is 2.53. The molecule has 0 spiro atoms. The van der Waals surface area contributed by atoms with Gasteiger partial charge in [-0.25, -0.2) is 0 Å². The third-order valence-electron chi connectivity index (χ3n) is 2.00. The molecule has 1 aromatic rings. The van der Waals surface area contributed by atoms with Gasteiger partial charge >= 0.3 is 0 Å². The van der Waals surface area contributed by atoms with E-state index >= 15 is 0 Å². The van der Waals surface area contributed by atoms with E-state index in [2.05, 4.69) is 0 Å². The van der Waals surface area contributed by atoms with Gasteiger partial charge in [0.2, 0.25) is 0 Å². The predicted octanol–water partition coefficient (Wildman–Crippen LogP) is 2.90. The lowest BCUT2D eigenvalue weighted by Crippen LogP contribution is -1.96. The average molecular weight is 196 g/mol. The SMILES string of the molecule is Nc1cc(Cl)cc(C2CC=CO2)c1. The molecule has 13 heavy (non-hydrogen) atoms. The number of rotatable bonds is 1. The van der Waals surface area contributed by atoms with E-state index in [1.54, 1.807) is 12.3 Å². The number of hydrogen-bond acceptors (Lipinski definition) is 2. The minimum absolute atomic E-state index is 0.0843.